The van der Waals surface area contributed by atoms with E-state index in [1.54, 1.807) is 24.4 Å². The molecule has 1 heterocycles. The molecule has 2 amide bonds. The van der Waals surface area contributed by atoms with E-state index in [1.165, 1.54) is 4.57 Å². The first-order chi connectivity index (χ1) is 13.0. The van der Waals surface area contributed by atoms with Crippen LogP contribution in [0.4, 0.5) is 0 Å². The first-order valence-electron chi connectivity index (χ1n) is 9.39. The molecule has 0 aliphatic rings. The molecule has 0 radical (unpaired) electrons. The van der Waals surface area contributed by atoms with Gasteiger partial charge in [0.15, 0.2) is 0 Å². The van der Waals surface area contributed by atoms with Crippen molar-refractivity contribution in [3.05, 3.63) is 46.9 Å². The molecule has 146 valence electrons. The molecule has 0 spiro atoms. The molecule has 1 aromatic carbocycles. The maximum atomic E-state index is 12.4. The Labute approximate surface area is 159 Å². The number of aromatic nitrogens is 1. The molecule has 7 heteroatoms. The van der Waals surface area contributed by atoms with Crippen molar-refractivity contribution in [2.24, 2.45) is 0 Å². The lowest BCUT2D eigenvalue weighted by atomic mass is 10.2. The average molecular weight is 372 g/mol. The number of pyridine rings is 1. The molecule has 0 unspecified atom stereocenters. The molecule has 2 rings (SSSR count). The van der Waals surface area contributed by atoms with Crippen LogP contribution < -0.4 is 16.2 Å². The standard InChI is InChI=1S/C20H28N4O3/c1-3-23(4-2)12-7-11-21-18(25)14-22-19(26)15-24-13-10-16-8-5-6-9-17(16)20(24)27/h5-6,8-10,13H,3-4,7,11-12,14-15H2,1-2H3,(H,21,25)(H,22,26). The number of hydrogen-bond donors (Lipinski definition) is 2. The summed E-state index contributed by atoms with van der Waals surface area (Å²) in [6.45, 7) is 7.52. The van der Waals surface area contributed by atoms with Crippen LogP contribution in [0.2, 0.25) is 0 Å². The third kappa shape index (κ3) is 6.21. The van der Waals surface area contributed by atoms with Gasteiger partial charge in [0.2, 0.25) is 11.8 Å². The topological polar surface area (TPSA) is 83.4 Å². The number of carbonyl (C=O) groups excluding carboxylic acids is 2. The van der Waals surface area contributed by atoms with Crippen molar-refractivity contribution in [3.63, 3.8) is 0 Å². The maximum Gasteiger partial charge on any atom is 0.258 e. The number of fused-ring (bicyclic) bond motifs is 1. The fourth-order valence-corrected chi connectivity index (χ4v) is 2.88. The lowest BCUT2D eigenvalue weighted by molar-refractivity contribution is -0.126. The summed E-state index contributed by atoms with van der Waals surface area (Å²) >= 11 is 0. The molecule has 2 aromatic rings. The van der Waals surface area contributed by atoms with Crippen LogP contribution in [0.15, 0.2) is 41.3 Å². The molecule has 0 aliphatic carbocycles. The second-order valence-corrected chi connectivity index (χ2v) is 6.34. The Balaban J connectivity index is 1.75. The Kier molecular flexibility index (Phi) is 8.00. The Morgan fingerprint density at radius 2 is 1.78 bits per heavy atom. The molecule has 2 N–H and O–H groups in total. The zero-order valence-electron chi connectivity index (χ0n) is 16.0. The monoisotopic (exact) mass is 372 g/mol. The summed E-state index contributed by atoms with van der Waals surface area (Å²) in [5, 5.41) is 6.75. The van der Waals surface area contributed by atoms with Gasteiger partial charge in [-0.2, -0.15) is 0 Å². The van der Waals surface area contributed by atoms with Crippen LogP contribution in [0.25, 0.3) is 10.8 Å². The molecular weight excluding hydrogens is 344 g/mol. The summed E-state index contributed by atoms with van der Waals surface area (Å²) in [7, 11) is 0. The minimum Gasteiger partial charge on any atom is -0.355 e. The van der Waals surface area contributed by atoms with Gasteiger partial charge in [-0.25, -0.2) is 0 Å². The van der Waals surface area contributed by atoms with Crippen molar-refractivity contribution in [1.29, 1.82) is 0 Å². The van der Waals surface area contributed by atoms with Crippen molar-refractivity contribution < 1.29 is 9.59 Å². The number of rotatable bonds is 10. The van der Waals surface area contributed by atoms with E-state index in [4.69, 9.17) is 0 Å². The molecule has 0 fully saturated rings. The molecule has 0 bridgehead atoms. The molecule has 0 saturated heterocycles. The minimum atomic E-state index is -0.370. The Morgan fingerprint density at radius 1 is 1.04 bits per heavy atom. The second kappa shape index (κ2) is 10.5. The average Bonchev–Trinajstić information content (AvgIpc) is 2.69. The van der Waals surface area contributed by atoms with Gasteiger partial charge in [0.05, 0.1) is 6.54 Å². The van der Waals surface area contributed by atoms with E-state index in [0.717, 1.165) is 31.4 Å². The minimum absolute atomic E-state index is 0.0908. The van der Waals surface area contributed by atoms with Gasteiger partial charge in [0.25, 0.3) is 5.56 Å². The van der Waals surface area contributed by atoms with E-state index in [9.17, 15) is 14.4 Å². The van der Waals surface area contributed by atoms with Crippen LogP contribution in [-0.2, 0) is 16.1 Å². The normalized spacial score (nSPS) is 10.9. The van der Waals surface area contributed by atoms with Gasteiger partial charge in [-0.1, -0.05) is 32.0 Å². The molecule has 0 aliphatic heterocycles. The highest BCUT2D eigenvalue weighted by Crippen LogP contribution is 2.07. The molecule has 1 aromatic heterocycles. The number of benzene rings is 1. The number of amides is 2. The zero-order valence-corrected chi connectivity index (χ0v) is 16.0. The lowest BCUT2D eigenvalue weighted by Crippen LogP contribution is -2.40. The van der Waals surface area contributed by atoms with Crippen LogP contribution in [0.5, 0.6) is 0 Å². The zero-order chi connectivity index (χ0) is 19.6. The van der Waals surface area contributed by atoms with E-state index in [-0.39, 0.29) is 30.5 Å². The van der Waals surface area contributed by atoms with E-state index >= 15 is 0 Å². The summed E-state index contributed by atoms with van der Waals surface area (Å²) < 4.78 is 1.35. The van der Waals surface area contributed by atoms with Crippen LogP contribution >= 0.6 is 0 Å². The fraction of sp³-hybridized carbons (Fsp3) is 0.450. The van der Waals surface area contributed by atoms with E-state index in [2.05, 4.69) is 29.4 Å². The predicted molar refractivity (Wildman–Crippen MR) is 107 cm³/mol. The van der Waals surface area contributed by atoms with Crippen LogP contribution in [-0.4, -0.2) is 54.0 Å². The van der Waals surface area contributed by atoms with Crippen molar-refractivity contribution in [1.82, 2.24) is 20.1 Å². The third-order valence-corrected chi connectivity index (χ3v) is 4.51. The predicted octanol–water partition coefficient (Wildman–Crippen LogP) is 0.966. The molecule has 0 saturated carbocycles. The quantitative estimate of drug-likeness (QED) is 0.609. The molecule has 27 heavy (non-hydrogen) atoms. The van der Waals surface area contributed by atoms with Crippen molar-refractivity contribution >= 4 is 22.6 Å². The van der Waals surface area contributed by atoms with E-state index in [1.807, 2.05) is 12.1 Å². The van der Waals surface area contributed by atoms with E-state index in [0.29, 0.717) is 11.9 Å². The number of carbonyl (C=O) groups is 2. The van der Waals surface area contributed by atoms with Crippen LogP contribution in [0, 0.1) is 0 Å². The number of nitrogens with one attached hydrogen (secondary N) is 2. The van der Waals surface area contributed by atoms with E-state index < -0.39 is 0 Å². The molecule has 7 nitrogen and oxygen atoms in total. The maximum absolute atomic E-state index is 12.4. The number of hydrogen-bond acceptors (Lipinski definition) is 4. The van der Waals surface area contributed by atoms with Gasteiger partial charge >= 0.3 is 0 Å². The van der Waals surface area contributed by atoms with Crippen molar-refractivity contribution in [2.45, 2.75) is 26.8 Å². The fourth-order valence-electron chi connectivity index (χ4n) is 2.88. The first kappa shape index (κ1) is 20.6. The summed E-state index contributed by atoms with van der Waals surface area (Å²) in [6, 6.07) is 9.04. The summed E-state index contributed by atoms with van der Waals surface area (Å²) in [5.41, 5.74) is -0.218. The van der Waals surface area contributed by atoms with Gasteiger partial charge < -0.3 is 20.1 Å². The molecule has 0 atom stereocenters. The largest absolute Gasteiger partial charge is 0.355 e. The highest BCUT2D eigenvalue weighted by Gasteiger charge is 2.09. The summed E-state index contributed by atoms with van der Waals surface area (Å²) in [4.78, 5) is 38.5. The third-order valence-electron chi connectivity index (χ3n) is 4.51. The SMILES string of the molecule is CCN(CC)CCCNC(=O)CNC(=O)Cn1ccc2ccccc2c1=O. The first-order valence-corrected chi connectivity index (χ1v) is 9.39. The smallest absolute Gasteiger partial charge is 0.258 e. The summed E-state index contributed by atoms with van der Waals surface area (Å²) in [6.07, 6.45) is 2.46. The van der Waals surface area contributed by atoms with Gasteiger partial charge in [0.1, 0.15) is 6.54 Å². The lowest BCUT2D eigenvalue weighted by Gasteiger charge is -2.17. The van der Waals surface area contributed by atoms with Crippen LogP contribution in [0.1, 0.15) is 20.3 Å². The van der Waals surface area contributed by atoms with Crippen molar-refractivity contribution in [3.8, 4) is 0 Å². The second-order valence-electron chi connectivity index (χ2n) is 6.34. The highest BCUT2D eigenvalue weighted by atomic mass is 16.2. The Morgan fingerprint density at radius 3 is 2.52 bits per heavy atom. The van der Waals surface area contributed by atoms with Gasteiger partial charge in [0, 0.05) is 18.1 Å². The molecular formula is C20H28N4O3. The van der Waals surface area contributed by atoms with Crippen LogP contribution in [0.3, 0.4) is 0 Å². The van der Waals surface area contributed by atoms with Gasteiger partial charge in [-0.3, -0.25) is 14.4 Å². The van der Waals surface area contributed by atoms with Gasteiger partial charge in [-0.05, 0) is 43.6 Å². The number of nitrogens with zero attached hydrogens (tertiary/aromatic N) is 2. The summed E-state index contributed by atoms with van der Waals surface area (Å²) in [5.74, 6) is -0.598. The Hall–Kier alpha value is -2.67. The van der Waals surface area contributed by atoms with Crippen molar-refractivity contribution in [2.75, 3.05) is 32.7 Å². The van der Waals surface area contributed by atoms with Gasteiger partial charge in [-0.15, -0.1) is 0 Å². The highest BCUT2D eigenvalue weighted by molar-refractivity contribution is 5.85. The Bertz CT molecular complexity index is 827.